The van der Waals surface area contributed by atoms with Crippen molar-refractivity contribution in [3.8, 4) is 17.0 Å². The number of guanidine groups is 1. The van der Waals surface area contributed by atoms with E-state index in [2.05, 4.69) is 24.2 Å². The van der Waals surface area contributed by atoms with Crippen LogP contribution in [0.1, 0.15) is 32.3 Å². The van der Waals surface area contributed by atoms with Crippen molar-refractivity contribution in [2.24, 2.45) is 16.6 Å². The quantitative estimate of drug-likeness (QED) is 0.323. The van der Waals surface area contributed by atoms with Gasteiger partial charge in [0.2, 0.25) is 6.41 Å². The Morgan fingerprint density at radius 3 is 2.80 bits per heavy atom. The molecule has 0 fully saturated rings. The Hall–Kier alpha value is -3.41. The lowest BCUT2D eigenvalue weighted by molar-refractivity contribution is -0.108. The molecule has 0 aliphatic heterocycles. The zero-order valence-electron chi connectivity index (χ0n) is 17.7. The number of ether oxygens (including phenoxy) is 1. The highest BCUT2D eigenvalue weighted by atomic mass is 16.5. The van der Waals surface area contributed by atoms with E-state index >= 15 is 0 Å². The fraction of sp³-hybridized carbons (Fsp3) is 0.292. The minimum absolute atomic E-state index is 0.0242. The summed E-state index contributed by atoms with van der Waals surface area (Å²) in [4.78, 5) is 20.1. The van der Waals surface area contributed by atoms with E-state index in [4.69, 9.17) is 15.5 Å². The average Bonchev–Trinajstić information content (AvgIpc) is 2.73. The van der Waals surface area contributed by atoms with E-state index in [9.17, 15) is 4.79 Å². The van der Waals surface area contributed by atoms with Gasteiger partial charge in [0.05, 0.1) is 18.0 Å². The maximum atomic E-state index is 10.8. The number of hydrogen-bond acceptors (Lipinski definition) is 4. The number of pyridine rings is 1. The first-order valence-electron chi connectivity index (χ1n) is 10.2. The zero-order valence-corrected chi connectivity index (χ0v) is 17.7. The molecule has 2 aromatic carbocycles. The Kier molecular flexibility index (Phi) is 7.01. The first-order chi connectivity index (χ1) is 14.5. The number of para-hydroxylation sites is 1. The molecule has 0 radical (unpaired) electrons. The van der Waals surface area contributed by atoms with Crippen LogP contribution in [0, 0.1) is 12.8 Å². The number of nitrogens with two attached hydrogens (primary N) is 1. The SMILES string of the molecule is CCCC(C)COc1cccc2c(N=C(N)NC=O)cc(-c3ccccc3C)nc12. The summed E-state index contributed by atoms with van der Waals surface area (Å²) in [6, 6.07) is 15.7. The molecule has 1 unspecified atom stereocenters. The van der Waals surface area contributed by atoms with Gasteiger partial charge in [0.25, 0.3) is 0 Å². The highest BCUT2D eigenvalue weighted by molar-refractivity contribution is 5.99. The summed E-state index contributed by atoms with van der Waals surface area (Å²) in [5.74, 6) is 1.19. The van der Waals surface area contributed by atoms with E-state index in [1.165, 1.54) is 0 Å². The van der Waals surface area contributed by atoms with E-state index in [0.29, 0.717) is 30.4 Å². The Morgan fingerprint density at radius 2 is 2.07 bits per heavy atom. The molecule has 0 saturated heterocycles. The van der Waals surface area contributed by atoms with Gasteiger partial charge < -0.3 is 10.5 Å². The van der Waals surface area contributed by atoms with Gasteiger partial charge in [-0.2, -0.15) is 0 Å². The van der Waals surface area contributed by atoms with Crippen molar-refractivity contribution in [1.82, 2.24) is 10.3 Å². The summed E-state index contributed by atoms with van der Waals surface area (Å²) in [6.07, 6.45) is 2.74. The largest absolute Gasteiger partial charge is 0.491 e. The van der Waals surface area contributed by atoms with Crippen LogP contribution in [-0.2, 0) is 4.79 Å². The van der Waals surface area contributed by atoms with Crippen LogP contribution in [0.5, 0.6) is 5.75 Å². The van der Waals surface area contributed by atoms with E-state index in [0.717, 1.165) is 40.6 Å². The maximum absolute atomic E-state index is 10.8. The van der Waals surface area contributed by atoms with Gasteiger partial charge in [-0.1, -0.05) is 56.7 Å². The van der Waals surface area contributed by atoms with E-state index in [1.807, 2.05) is 55.5 Å². The second-order valence-corrected chi connectivity index (χ2v) is 7.46. The number of aliphatic imine (C=N–C) groups is 1. The molecule has 30 heavy (non-hydrogen) atoms. The van der Waals surface area contributed by atoms with Gasteiger partial charge in [0.15, 0.2) is 5.96 Å². The summed E-state index contributed by atoms with van der Waals surface area (Å²) in [6.45, 7) is 7.02. The van der Waals surface area contributed by atoms with Gasteiger partial charge in [-0.05, 0) is 37.0 Å². The topological polar surface area (TPSA) is 89.6 Å². The van der Waals surface area contributed by atoms with Crippen molar-refractivity contribution in [1.29, 1.82) is 0 Å². The van der Waals surface area contributed by atoms with Crippen molar-refractivity contribution in [3.05, 3.63) is 54.1 Å². The summed E-state index contributed by atoms with van der Waals surface area (Å²) >= 11 is 0. The third-order valence-electron chi connectivity index (χ3n) is 4.95. The highest BCUT2D eigenvalue weighted by Crippen LogP contribution is 2.35. The molecular weight excluding hydrogens is 376 g/mol. The second kappa shape index (κ2) is 9.87. The number of amides is 1. The highest BCUT2D eigenvalue weighted by Gasteiger charge is 2.14. The van der Waals surface area contributed by atoms with Crippen LogP contribution in [0.25, 0.3) is 22.2 Å². The molecule has 6 nitrogen and oxygen atoms in total. The average molecular weight is 405 g/mol. The van der Waals surface area contributed by atoms with Gasteiger partial charge in [0.1, 0.15) is 11.3 Å². The molecule has 0 saturated carbocycles. The maximum Gasteiger partial charge on any atom is 0.213 e. The molecule has 6 heteroatoms. The minimum atomic E-state index is 0.0242. The zero-order chi connectivity index (χ0) is 21.5. The molecule has 0 aliphatic rings. The molecule has 1 atom stereocenters. The number of aryl methyl sites for hydroxylation is 1. The van der Waals surface area contributed by atoms with Crippen LogP contribution >= 0.6 is 0 Å². The smallest absolute Gasteiger partial charge is 0.213 e. The number of fused-ring (bicyclic) bond motifs is 1. The van der Waals surface area contributed by atoms with Crippen LogP contribution in [-0.4, -0.2) is 24.0 Å². The minimum Gasteiger partial charge on any atom is -0.491 e. The number of rotatable bonds is 8. The lowest BCUT2D eigenvalue weighted by atomic mass is 10.0. The monoisotopic (exact) mass is 404 g/mol. The number of carbonyl (C=O) groups is 1. The third-order valence-corrected chi connectivity index (χ3v) is 4.95. The Labute approximate surface area is 177 Å². The predicted molar refractivity (Wildman–Crippen MR) is 122 cm³/mol. The number of nitrogens with one attached hydrogen (secondary N) is 1. The third kappa shape index (κ3) is 4.95. The normalized spacial score (nSPS) is 12.6. The number of carbonyl (C=O) groups excluding carboxylic acids is 1. The van der Waals surface area contributed by atoms with Crippen LogP contribution in [0.4, 0.5) is 5.69 Å². The first kappa shape index (κ1) is 21.3. The first-order valence-corrected chi connectivity index (χ1v) is 10.2. The predicted octanol–water partition coefficient (Wildman–Crippen LogP) is 4.72. The van der Waals surface area contributed by atoms with Gasteiger partial charge in [-0.3, -0.25) is 10.1 Å². The molecular formula is C24H28N4O2. The van der Waals surface area contributed by atoms with Gasteiger partial charge in [-0.15, -0.1) is 0 Å². The van der Waals surface area contributed by atoms with E-state index in [1.54, 1.807) is 0 Å². The number of benzene rings is 2. The summed E-state index contributed by atoms with van der Waals surface area (Å²) in [7, 11) is 0. The summed E-state index contributed by atoms with van der Waals surface area (Å²) in [5, 5.41) is 3.20. The van der Waals surface area contributed by atoms with Crippen molar-refractivity contribution in [3.63, 3.8) is 0 Å². The molecule has 0 aliphatic carbocycles. The van der Waals surface area contributed by atoms with Gasteiger partial charge in [-0.25, -0.2) is 9.98 Å². The molecule has 3 N–H and O–H groups in total. The van der Waals surface area contributed by atoms with Crippen LogP contribution in [0.15, 0.2) is 53.5 Å². The lowest BCUT2D eigenvalue weighted by Crippen LogP contribution is -2.29. The van der Waals surface area contributed by atoms with Gasteiger partial charge in [0, 0.05) is 10.9 Å². The Balaban J connectivity index is 2.15. The van der Waals surface area contributed by atoms with Crippen LogP contribution < -0.4 is 15.8 Å². The molecule has 1 aromatic heterocycles. The summed E-state index contributed by atoms with van der Waals surface area (Å²) in [5.41, 5.74) is 10.1. The second-order valence-electron chi connectivity index (χ2n) is 7.46. The molecule has 156 valence electrons. The fourth-order valence-corrected chi connectivity index (χ4v) is 3.44. The molecule has 3 rings (SSSR count). The molecule has 1 amide bonds. The van der Waals surface area contributed by atoms with E-state index in [-0.39, 0.29) is 5.96 Å². The Morgan fingerprint density at radius 1 is 1.27 bits per heavy atom. The van der Waals surface area contributed by atoms with Crippen molar-refractivity contribution in [2.75, 3.05) is 6.61 Å². The van der Waals surface area contributed by atoms with Gasteiger partial charge >= 0.3 is 0 Å². The van der Waals surface area contributed by atoms with Crippen molar-refractivity contribution in [2.45, 2.75) is 33.6 Å². The summed E-state index contributed by atoms with van der Waals surface area (Å²) < 4.78 is 6.15. The van der Waals surface area contributed by atoms with Crippen LogP contribution in [0.2, 0.25) is 0 Å². The molecule has 0 spiro atoms. The van der Waals surface area contributed by atoms with Crippen molar-refractivity contribution < 1.29 is 9.53 Å². The number of nitrogens with zero attached hydrogens (tertiary/aromatic N) is 2. The standard InChI is InChI=1S/C24H28N4O2/c1-4-8-16(2)14-30-22-12-7-11-19-21(28-24(25)26-15-29)13-20(27-23(19)22)18-10-6-5-9-17(18)3/h5-7,9-13,15-16H,4,8,14H2,1-3H3,(H3,25,26,27,28,29). The molecule has 1 heterocycles. The lowest BCUT2D eigenvalue weighted by Gasteiger charge is -2.15. The Bertz CT molecular complexity index is 1060. The van der Waals surface area contributed by atoms with Crippen LogP contribution in [0.3, 0.4) is 0 Å². The van der Waals surface area contributed by atoms with Crippen molar-refractivity contribution >= 4 is 29.0 Å². The van der Waals surface area contributed by atoms with E-state index < -0.39 is 0 Å². The fourth-order valence-electron chi connectivity index (χ4n) is 3.44. The molecule has 0 bridgehead atoms. The molecule has 3 aromatic rings. The number of hydrogen-bond donors (Lipinski definition) is 2. The number of aromatic nitrogens is 1.